The molecule has 0 unspecified atom stereocenters. The molecule has 1 aliphatic rings. The number of rotatable bonds is 9. The summed E-state index contributed by atoms with van der Waals surface area (Å²) in [7, 11) is 0. The smallest absolute Gasteiger partial charge is 0.160 e. The van der Waals surface area contributed by atoms with Crippen LogP contribution in [0.3, 0.4) is 0 Å². The van der Waals surface area contributed by atoms with Gasteiger partial charge in [-0.2, -0.15) is 0 Å². The highest BCUT2D eigenvalue weighted by Gasteiger charge is 2.10. The number of hydrogen-bond acceptors (Lipinski definition) is 2. The fourth-order valence-corrected chi connectivity index (χ4v) is 4.78. The molecule has 0 amide bonds. The molecule has 0 aliphatic heterocycles. The summed E-state index contributed by atoms with van der Waals surface area (Å²) in [5, 5.41) is 0. The summed E-state index contributed by atoms with van der Waals surface area (Å²) >= 11 is 0. The first-order valence-corrected chi connectivity index (χ1v) is 13.5. The average molecular weight is 517 g/mol. The zero-order chi connectivity index (χ0) is 27.7. The highest BCUT2D eigenvalue weighted by Crippen LogP contribution is 2.30. The molecule has 2 nitrogen and oxygen atoms in total. The standard InChI is InChI=1S/C38H32N2/c1-4-29-20-14-22-36(35(29)5-2)31-23-25-33(26-24-31)38-39-34(27-37(40-38)32-18-10-7-11-19-32)21-13-12-15-28(3)30-16-8-6-9-17-30/h4-8,10-16,18-27H,1-3,9,17H2/b15-12-,21-13+. The Morgan fingerprint density at radius 2 is 1.57 bits per heavy atom. The Morgan fingerprint density at radius 1 is 0.775 bits per heavy atom. The quantitative estimate of drug-likeness (QED) is 0.207. The van der Waals surface area contributed by atoms with Crippen LogP contribution in [0.1, 0.15) is 29.7 Å². The first-order valence-electron chi connectivity index (χ1n) is 13.5. The SMILES string of the molecule is C=Cc1cccc(-c2ccc(-c3nc(/C=C/C=C\C(=C)C4=CC=CCC4)cc(-c4ccccc4)n3)cc2)c1C=C. The van der Waals surface area contributed by atoms with Gasteiger partial charge in [0.25, 0.3) is 0 Å². The van der Waals surface area contributed by atoms with Crippen LogP contribution >= 0.6 is 0 Å². The van der Waals surface area contributed by atoms with Crippen LogP contribution in [-0.2, 0) is 0 Å². The number of nitrogens with zero attached hydrogens (tertiary/aromatic N) is 2. The van der Waals surface area contributed by atoms with E-state index in [9.17, 15) is 0 Å². The molecule has 0 radical (unpaired) electrons. The fraction of sp³-hybridized carbons (Fsp3) is 0.0526. The lowest BCUT2D eigenvalue weighted by atomic mass is 9.94. The van der Waals surface area contributed by atoms with Gasteiger partial charge in [0.1, 0.15) is 0 Å². The first-order chi connectivity index (χ1) is 19.7. The van der Waals surface area contributed by atoms with Gasteiger partial charge in [-0.25, -0.2) is 9.97 Å². The fourth-order valence-electron chi connectivity index (χ4n) is 4.78. The van der Waals surface area contributed by atoms with Crippen LogP contribution in [0.5, 0.6) is 0 Å². The maximum atomic E-state index is 4.93. The van der Waals surface area contributed by atoms with Crippen molar-refractivity contribution in [3.63, 3.8) is 0 Å². The summed E-state index contributed by atoms with van der Waals surface area (Å²) in [6, 6.07) is 26.8. The highest BCUT2D eigenvalue weighted by molar-refractivity contribution is 5.81. The van der Waals surface area contributed by atoms with E-state index in [0.717, 1.165) is 63.2 Å². The molecule has 194 valence electrons. The molecule has 0 saturated heterocycles. The first kappa shape index (κ1) is 26.5. The Morgan fingerprint density at radius 3 is 2.30 bits per heavy atom. The molecule has 0 spiro atoms. The van der Waals surface area contributed by atoms with Crippen molar-refractivity contribution in [1.29, 1.82) is 0 Å². The minimum absolute atomic E-state index is 0.684. The maximum absolute atomic E-state index is 4.93. The van der Waals surface area contributed by atoms with E-state index in [1.807, 2.05) is 60.7 Å². The van der Waals surface area contributed by atoms with Crippen LogP contribution < -0.4 is 0 Å². The van der Waals surface area contributed by atoms with Crippen molar-refractivity contribution >= 4 is 18.2 Å². The van der Waals surface area contributed by atoms with Crippen molar-refractivity contribution < 1.29 is 0 Å². The minimum Gasteiger partial charge on any atom is -0.229 e. The van der Waals surface area contributed by atoms with Crippen LogP contribution in [0.4, 0.5) is 0 Å². The van der Waals surface area contributed by atoms with Gasteiger partial charge >= 0.3 is 0 Å². The molecule has 3 aromatic carbocycles. The van der Waals surface area contributed by atoms with E-state index in [-0.39, 0.29) is 0 Å². The van der Waals surface area contributed by atoms with Crippen molar-refractivity contribution in [3.8, 4) is 33.8 Å². The molecular weight excluding hydrogens is 484 g/mol. The predicted octanol–water partition coefficient (Wildman–Crippen LogP) is 10.2. The molecule has 2 heteroatoms. The van der Waals surface area contributed by atoms with E-state index in [1.54, 1.807) is 0 Å². The summed E-state index contributed by atoms with van der Waals surface area (Å²) in [5.41, 5.74) is 10.4. The molecule has 40 heavy (non-hydrogen) atoms. The van der Waals surface area contributed by atoms with Crippen LogP contribution in [0.25, 0.3) is 52.0 Å². The minimum atomic E-state index is 0.684. The van der Waals surface area contributed by atoms with Gasteiger partial charge in [-0.05, 0) is 58.4 Å². The number of benzene rings is 3. The van der Waals surface area contributed by atoms with Crippen molar-refractivity contribution in [2.24, 2.45) is 0 Å². The van der Waals surface area contributed by atoms with Crippen molar-refractivity contribution in [2.75, 3.05) is 0 Å². The maximum Gasteiger partial charge on any atom is 0.160 e. The van der Waals surface area contributed by atoms with Crippen LogP contribution in [-0.4, -0.2) is 9.97 Å². The number of hydrogen-bond donors (Lipinski definition) is 0. The summed E-state index contributed by atoms with van der Waals surface area (Å²) < 4.78 is 0. The average Bonchev–Trinajstić information content (AvgIpc) is 3.03. The van der Waals surface area contributed by atoms with Gasteiger partial charge < -0.3 is 0 Å². The van der Waals surface area contributed by atoms with Gasteiger partial charge in [-0.1, -0.05) is 141 Å². The number of allylic oxidation sites excluding steroid dienone is 8. The van der Waals surface area contributed by atoms with Gasteiger partial charge in [0.05, 0.1) is 11.4 Å². The summed E-state index contributed by atoms with van der Waals surface area (Å²) in [6.45, 7) is 12.2. The largest absolute Gasteiger partial charge is 0.229 e. The molecule has 4 aromatic rings. The predicted molar refractivity (Wildman–Crippen MR) is 172 cm³/mol. The second-order valence-corrected chi connectivity index (χ2v) is 9.56. The normalized spacial score (nSPS) is 12.9. The van der Waals surface area contributed by atoms with Crippen LogP contribution in [0.15, 0.2) is 146 Å². The molecular formula is C38H32N2. The molecule has 1 heterocycles. The lowest BCUT2D eigenvalue weighted by Gasteiger charge is -2.11. The second kappa shape index (κ2) is 12.6. The Balaban J connectivity index is 1.46. The third-order valence-corrected chi connectivity index (χ3v) is 6.94. The Labute approximate surface area is 237 Å². The number of aromatic nitrogens is 2. The van der Waals surface area contributed by atoms with E-state index < -0.39 is 0 Å². The zero-order valence-electron chi connectivity index (χ0n) is 22.6. The highest BCUT2D eigenvalue weighted by atomic mass is 14.9. The third kappa shape index (κ3) is 6.14. The van der Waals surface area contributed by atoms with Crippen molar-refractivity contribution in [3.05, 3.63) is 163 Å². The van der Waals surface area contributed by atoms with Gasteiger partial charge in [-0.15, -0.1) is 0 Å². The molecule has 0 fully saturated rings. The molecule has 0 N–H and O–H groups in total. The summed E-state index contributed by atoms with van der Waals surface area (Å²) in [4.78, 5) is 9.83. The van der Waals surface area contributed by atoms with Crippen molar-refractivity contribution in [1.82, 2.24) is 9.97 Å². The van der Waals surface area contributed by atoms with Crippen molar-refractivity contribution in [2.45, 2.75) is 12.8 Å². The third-order valence-electron chi connectivity index (χ3n) is 6.94. The summed E-state index contributed by atoms with van der Waals surface area (Å²) in [6.07, 6.45) is 20.4. The van der Waals surface area contributed by atoms with Crippen LogP contribution in [0.2, 0.25) is 0 Å². The Kier molecular flexibility index (Phi) is 8.38. The molecule has 0 atom stereocenters. The Hall–Kier alpha value is -5.08. The second-order valence-electron chi connectivity index (χ2n) is 9.56. The van der Waals surface area contributed by atoms with Gasteiger partial charge in [-0.3, -0.25) is 0 Å². The lowest BCUT2D eigenvalue weighted by molar-refractivity contribution is 0.979. The molecule has 5 rings (SSSR count). The van der Waals surface area contributed by atoms with E-state index in [2.05, 4.69) is 92.6 Å². The monoisotopic (exact) mass is 516 g/mol. The van der Waals surface area contributed by atoms with Gasteiger partial charge in [0.2, 0.25) is 0 Å². The Bertz CT molecular complexity index is 1660. The molecule has 1 aliphatic carbocycles. The van der Waals surface area contributed by atoms with Gasteiger partial charge in [0.15, 0.2) is 5.82 Å². The lowest BCUT2D eigenvalue weighted by Crippen LogP contribution is -1.95. The van der Waals surface area contributed by atoms with Gasteiger partial charge in [0, 0.05) is 11.1 Å². The summed E-state index contributed by atoms with van der Waals surface area (Å²) in [5.74, 6) is 0.684. The topological polar surface area (TPSA) is 25.8 Å². The van der Waals surface area contributed by atoms with E-state index in [4.69, 9.17) is 9.97 Å². The molecule has 0 saturated carbocycles. The molecule has 0 bridgehead atoms. The van der Waals surface area contributed by atoms with E-state index >= 15 is 0 Å². The van der Waals surface area contributed by atoms with Crippen LogP contribution in [0, 0.1) is 0 Å². The van der Waals surface area contributed by atoms with E-state index in [1.165, 1.54) is 5.57 Å². The van der Waals surface area contributed by atoms with E-state index in [0.29, 0.717) is 5.82 Å². The zero-order valence-corrected chi connectivity index (χ0v) is 22.6. The molecule has 1 aromatic heterocycles.